The second-order valence-corrected chi connectivity index (χ2v) is 6.43. The van der Waals surface area contributed by atoms with Crippen LogP contribution in [0.5, 0.6) is 0 Å². The van der Waals surface area contributed by atoms with Crippen LogP contribution in [-0.2, 0) is 0 Å². The van der Waals surface area contributed by atoms with Gasteiger partial charge in [-0.3, -0.25) is 4.79 Å². The summed E-state index contributed by atoms with van der Waals surface area (Å²) in [5.41, 5.74) is 4.34. The van der Waals surface area contributed by atoms with E-state index in [-0.39, 0.29) is 5.78 Å². The minimum atomic E-state index is -0.0307. The number of ketones is 1. The Balaban J connectivity index is 2.02. The molecular weight excluding hydrogens is 368 g/mol. The van der Waals surface area contributed by atoms with E-state index in [1.165, 1.54) is 6.33 Å². The molecule has 5 heteroatoms. The molecule has 0 radical (unpaired) electrons. The highest BCUT2D eigenvalue weighted by molar-refractivity contribution is 9.10. The average molecular weight is 377 g/mol. The molecule has 4 aromatic rings. The van der Waals surface area contributed by atoms with Gasteiger partial charge in [0.15, 0.2) is 5.78 Å². The van der Waals surface area contributed by atoms with E-state index in [1.807, 2.05) is 42.5 Å². The van der Waals surface area contributed by atoms with Crippen molar-refractivity contribution in [3.63, 3.8) is 0 Å². The molecule has 0 saturated carbocycles. The lowest BCUT2D eigenvalue weighted by Gasteiger charge is -2.20. The molecule has 0 bridgehead atoms. The first-order valence-electron chi connectivity index (χ1n) is 7.41. The van der Waals surface area contributed by atoms with E-state index in [2.05, 4.69) is 25.9 Å². The number of aromatic nitrogens is 2. The molecule has 0 atom stereocenters. The summed E-state index contributed by atoms with van der Waals surface area (Å²) in [6, 6.07) is 13.1. The minimum absolute atomic E-state index is 0.0307. The van der Waals surface area contributed by atoms with Gasteiger partial charge in [-0.15, -0.1) is 0 Å². The van der Waals surface area contributed by atoms with Crippen LogP contribution in [0.3, 0.4) is 0 Å². The lowest BCUT2D eigenvalue weighted by Crippen LogP contribution is -2.13. The molecule has 2 aromatic heterocycles. The Morgan fingerprint density at radius 1 is 0.958 bits per heavy atom. The first kappa shape index (κ1) is 13.6. The standard InChI is InChI=1S/C19H9BrN2O2/c20-13-8-12(14-6-3-7-24-14)15-16-17(21-9-22-18(13)16)10-4-1-2-5-11(10)19(15)23/h1-9H. The van der Waals surface area contributed by atoms with Gasteiger partial charge in [-0.05, 0) is 34.1 Å². The fourth-order valence-electron chi connectivity index (χ4n) is 3.29. The van der Waals surface area contributed by atoms with Gasteiger partial charge in [0.05, 0.1) is 17.5 Å². The summed E-state index contributed by atoms with van der Waals surface area (Å²) < 4.78 is 6.36. The zero-order valence-electron chi connectivity index (χ0n) is 12.3. The van der Waals surface area contributed by atoms with Crippen LogP contribution >= 0.6 is 15.9 Å². The van der Waals surface area contributed by atoms with Crippen LogP contribution in [0, 0.1) is 0 Å². The lowest BCUT2D eigenvalue weighted by atomic mass is 9.84. The average Bonchev–Trinajstić information content (AvgIpc) is 3.15. The van der Waals surface area contributed by atoms with Crippen molar-refractivity contribution in [2.24, 2.45) is 0 Å². The van der Waals surface area contributed by atoms with Crippen molar-refractivity contribution in [2.75, 3.05) is 0 Å². The Hall–Kier alpha value is -2.79. The quantitative estimate of drug-likeness (QED) is 0.419. The van der Waals surface area contributed by atoms with Gasteiger partial charge in [0, 0.05) is 32.1 Å². The summed E-state index contributed by atoms with van der Waals surface area (Å²) in [4.78, 5) is 22.0. The topological polar surface area (TPSA) is 56.0 Å². The summed E-state index contributed by atoms with van der Waals surface area (Å²) in [6.07, 6.45) is 3.13. The molecule has 2 heterocycles. The highest BCUT2D eigenvalue weighted by Gasteiger charge is 2.30. The Kier molecular flexibility index (Phi) is 2.76. The van der Waals surface area contributed by atoms with E-state index in [1.54, 1.807) is 6.26 Å². The third-order valence-electron chi connectivity index (χ3n) is 4.30. The third kappa shape index (κ3) is 1.70. The van der Waals surface area contributed by atoms with Crippen LogP contribution in [-0.4, -0.2) is 15.8 Å². The summed E-state index contributed by atoms with van der Waals surface area (Å²) in [5.74, 6) is 0.618. The molecule has 24 heavy (non-hydrogen) atoms. The third-order valence-corrected chi connectivity index (χ3v) is 4.91. The van der Waals surface area contributed by atoms with Crippen LogP contribution in [0.4, 0.5) is 0 Å². The maximum Gasteiger partial charge on any atom is 0.195 e. The molecule has 1 aliphatic carbocycles. The van der Waals surface area contributed by atoms with Crippen LogP contribution in [0.2, 0.25) is 0 Å². The maximum absolute atomic E-state index is 13.2. The molecule has 2 aromatic carbocycles. The van der Waals surface area contributed by atoms with Gasteiger partial charge in [0.2, 0.25) is 0 Å². The second kappa shape index (κ2) is 4.85. The van der Waals surface area contributed by atoms with Gasteiger partial charge in [-0.2, -0.15) is 0 Å². The number of carbonyl (C=O) groups is 1. The molecule has 0 unspecified atom stereocenters. The van der Waals surface area contributed by atoms with E-state index in [4.69, 9.17) is 4.42 Å². The van der Waals surface area contributed by atoms with Gasteiger partial charge in [-0.1, -0.05) is 24.3 Å². The predicted octanol–water partition coefficient (Wildman–Crippen LogP) is 4.86. The van der Waals surface area contributed by atoms with Crippen molar-refractivity contribution < 1.29 is 9.21 Å². The largest absolute Gasteiger partial charge is 0.464 e. The summed E-state index contributed by atoms with van der Waals surface area (Å²) >= 11 is 3.57. The Labute approximate surface area is 145 Å². The van der Waals surface area contributed by atoms with Gasteiger partial charge >= 0.3 is 0 Å². The maximum atomic E-state index is 13.2. The molecule has 0 amide bonds. The number of hydrogen-bond donors (Lipinski definition) is 0. The summed E-state index contributed by atoms with van der Waals surface area (Å²) in [5, 5.41) is 0.766. The first-order valence-corrected chi connectivity index (χ1v) is 8.20. The Morgan fingerprint density at radius 2 is 1.79 bits per heavy atom. The van der Waals surface area contributed by atoms with Gasteiger partial charge in [-0.25, -0.2) is 9.97 Å². The zero-order valence-corrected chi connectivity index (χ0v) is 13.9. The van der Waals surface area contributed by atoms with Crippen molar-refractivity contribution in [3.05, 3.63) is 70.7 Å². The second-order valence-electron chi connectivity index (χ2n) is 5.58. The monoisotopic (exact) mass is 376 g/mol. The van der Waals surface area contributed by atoms with E-state index in [0.717, 1.165) is 32.2 Å². The number of benzene rings is 2. The van der Waals surface area contributed by atoms with Crippen molar-refractivity contribution >= 4 is 32.6 Å². The van der Waals surface area contributed by atoms with Crippen molar-refractivity contribution in [1.29, 1.82) is 0 Å². The fourth-order valence-corrected chi connectivity index (χ4v) is 3.82. The van der Waals surface area contributed by atoms with Crippen LogP contribution in [0.1, 0.15) is 15.9 Å². The highest BCUT2D eigenvalue weighted by Crippen LogP contribution is 2.43. The van der Waals surface area contributed by atoms with E-state index < -0.39 is 0 Å². The predicted molar refractivity (Wildman–Crippen MR) is 93.8 cm³/mol. The SMILES string of the molecule is O=C1c2ccccc2-c2ncnc3c(Br)cc(-c4ccco4)c1c23. The molecule has 114 valence electrons. The molecule has 4 nitrogen and oxygen atoms in total. The van der Waals surface area contributed by atoms with E-state index in [9.17, 15) is 4.79 Å². The highest BCUT2D eigenvalue weighted by atomic mass is 79.9. The zero-order chi connectivity index (χ0) is 16.3. The minimum Gasteiger partial charge on any atom is -0.464 e. The molecule has 0 N–H and O–H groups in total. The molecular formula is C19H9BrN2O2. The van der Waals surface area contributed by atoms with Crippen LogP contribution in [0.25, 0.3) is 33.5 Å². The van der Waals surface area contributed by atoms with Gasteiger partial charge < -0.3 is 4.42 Å². The van der Waals surface area contributed by atoms with E-state index in [0.29, 0.717) is 16.9 Å². The lowest BCUT2D eigenvalue weighted by molar-refractivity contribution is 0.104. The molecule has 1 aliphatic rings. The molecule has 0 aliphatic heterocycles. The smallest absolute Gasteiger partial charge is 0.195 e. The number of nitrogens with zero attached hydrogens (tertiary/aromatic N) is 2. The van der Waals surface area contributed by atoms with Crippen LogP contribution < -0.4 is 0 Å². The number of halogens is 1. The van der Waals surface area contributed by atoms with Crippen molar-refractivity contribution in [3.8, 4) is 22.6 Å². The van der Waals surface area contributed by atoms with E-state index >= 15 is 0 Å². The van der Waals surface area contributed by atoms with Crippen molar-refractivity contribution in [1.82, 2.24) is 9.97 Å². The van der Waals surface area contributed by atoms with Crippen LogP contribution in [0.15, 0.2) is 63.9 Å². The first-order chi connectivity index (χ1) is 11.8. The number of furan rings is 1. The number of fused-ring (bicyclic) bond motifs is 2. The number of rotatable bonds is 1. The van der Waals surface area contributed by atoms with Gasteiger partial charge in [0.25, 0.3) is 0 Å². The molecule has 0 fully saturated rings. The molecule has 5 rings (SSSR count). The molecule has 0 spiro atoms. The number of carbonyl (C=O) groups excluding carboxylic acids is 1. The summed E-state index contributed by atoms with van der Waals surface area (Å²) in [6.45, 7) is 0. The molecule has 0 saturated heterocycles. The number of hydrogen-bond acceptors (Lipinski definition) is 4. The van der Waals surface area contributed by atoms with Gasteiger partial charge in [0.1, 0.15) is 12.1 Å². The fraction of sp³-hybridized carbons (Fsp3) is 0. The Bertz CT molecular complexity index is 1130. The van der Waals surface area contributed by atoms with Crippen molar-refractivity contribution in [2.45, 2.75) is 0 Å². The summed E-state index contributed by atoms with van der Waals surface area (Å²) in [7, 11) is 0. The normalized spacial score (nSPS) is 12.5. The Morgan fingerprint density at radius 3 is 2.58 bits per heavy atom.